The van der Waals surface area contributed by atoms with Crippen LogP contribution < -0.4 is 0 Å². The van der Waals surface area contributed by atoms with Gasteiger partial charge in [0.2, 0.25) is 6.29 Å². The molecule has 1 saturated carbocycles. The molecule has 2 fully saturated rings. The fourth-order valence-electron chi connectivity index (χ4n) is 4.38. The zero-order chi connectivity index (χ0) is 22.9. The summed E-state index contributed by atoms with van der Waals surface area (Å²) in [4.78, 5) is 24.5. The number of fused-ring (bicyclic) bond motifs is 1. The molecule has 0 radical (unpaired) electrons. The van der Waals surface area contributed by atoms with E-state index >= 15 is 0 Å². The molecule has 4 N–H and O–H groups in total. The molecule has 10 heteroatoms. The number of carbonyl (C=O) groups excluding carboxylic acids is 2. The van der Waals surface area contributed by atoms with Crippen molar-refractivity contribution in [3.05, 3.63) is 11.8 Å². The van der Waals surface area contributed by atoms with Crippen LogP contribution in [-0.4, -0.2) is 82.4 Å². The first-order valence-corrected chi connectivity index (χ1v) is 10.6. The van der Waals surface area contributed by atoms with Crippen LogP contribution in [0.4, 0.5) is 0 Å². The van der Waals surface area contributed by atoms with Gasteiger partial charge in [-0.2, -0.15) is 0 Å². The number of aliphatic hydroxyl groups is 4. The van der Waals surface area contributed by atoms with E-state index < -0.39 is 43.6 Å². The van der Waals surface area contributed by atoms with Gasteiger partial charge in [0.1, 0.15) is 30.2 Å². The molecule has 31 heavy (non-hydrogen) atoms. The summed E-state index contributed by atoms with van der Waals surface area (Å²) in [6.45, 7) is 4.96. The van der Waals surface area contributed by atoms with E-state index in [9.17, 15) is 30.0 Å². The van der Waals surface area contributed by atoms with E-state index in [1.54, 1.807) is 6.92 Å². The third kappa shape index (κ3) is 5.10. The summed E-state index contributed by atoms with van der Waals surface area (Å²) >= 11 is 0. The molecule has 2 heterocycles. The van der Waals surface area contributed by atoms with E-state index in [4.69, 9.17) is 18.9 Å². The molecule has 0 aromatic heterocycles. The van der Waals surface area contributed by atoms with E-state index in [0.29, 0.717) is 5.57 Å². The Kier molecular flexibility index (Phi) is 7.72. The van der Waals surface area contributed by atoms with Crippen molar-refractivity contribution in [2.24, 2.45) is 23.7 Å². The van der Waals surface area contributed by atoms with Crippen molar-refractivity contribution in [2.75, 3.05) is 13.2 Å². The van der Waals surface area contributed by atoms with E-state index in [0.717, 1.165) is 0 Å². The maximum atomic E-state index is 12.4. The summed E-state index contributed by atoms with van der Waals surface area (Å²) < 4.78 is 22.1. The fraction of sp³-hybridized carbons (Fsp3) is 0.810. The van der Waals surface area contributed by atoms with Crippen molar-refractivity contribution in [3.63, 3.8) is 0 Å². The Morgan fingerprint density at radius 3 is 2.55 bits per heavy atom. The SMILES string of the molecule is CC(C)CC(=O)OC1OC=C(COC2OC(CO)C(O)C(O)C2O)C2CC(=O)C(C)C12. The lowest BCUT2D eigenvalue weighted by Crippen LogP contribution is -2.59. The minimum absolute atomic E-state index is 0.0316. The van der Waals surface area contributed by atoms with E-state index in [1.807, 2.05) is 13.8 Å². The van der Waals surface area contributed by atoms with Crippen LogP contribution in [0.25, 0.3) is 0 Å². The minimum Gasteiger partial charge on any atom is -0.462 e. The molecule has 0 spiro atoms. The molecule has 9 unspecified atom stereocenters. The summed E-state index contributed by atoms with van der Waals surface area (Å²) in [5, 5.41) is 39.2. The molecule has 9 atom stereocenters. The molecule has 0 bridgehead atoms. The molecule has 10 nitrogen and oxygen atoms in total. The van der Waals surface area contributed by atoms with Crippen LogP contribution in [0.15, 0.2) is 11.8 Å². The summed E-state index contributed by atoms with van der Waals surface area (Å²) in [7, 11) is 0. The zero-order valence-electron chi connectivity index (χ0n) is 17.9. The number of ketones is 1. The van der Waals surface area contributed by atoms with Crippen LogP contribution in [0, 0.1) is 23.7 Å². The highest BCUT2D eigenvalue weighted by Gasteiger charge is 2.51. The van der Waals surface area contributed by atoms with Crippen LogP contribution in [-0.2, 0) is 28.5 Å². The lowest BCUT2D eigenvalue weighted by Gasteiger charge is -2.40. The van der Waals surface area contributed by atoms with Gasteiger partial charge in [-0.05, 0) is 11.5 Å². The number of carbonyl (C=O) groups is 2. The number of hydrogen-bond acceptors (Lipinski definition) is 10. The topological polar surface area (TPSA) is 152 Å². The Balaban J connectivity index is 1.68. The summed E-state index contributed by atoms with van der Waals surface area (Å²) in [5.41, 5.74) is 0.635. The van der Waals surface area contributed by atoms with Gasteiger partial charge >= 0.3 is 5.97 Å². The molecule has 3 aliphatic rings. The van der Waals surface area contributed by atoms with Gasteiger partial charge in [-0.3, -0.25) is 9.59 Å². The van der Waals surface area contributed by atoms with Crippen molar-refractivity contribution in [3.8, 4) is 0 Å². The predicted molar refractivity (Wildman–Crippen MR) is 104 cm³/mol. The number of ether oxygens (including phenoxy) is 4. The highest BCUT2D eigenvalue weighted by Crippen LogP contribution is 2.45. The quantitative estimate of drug-likeness (QED) is 0.377. The third-order valence-corrected chi connectivity index (χ3v) is 6.20. The van der Waals surface area contributed by atoms with Gasteiger partial charge in [0, 0.05) is 30.6 Å². The normalized spacial score (nSPS) is 40.3. The van der Waals surface area contributed by atoms with Crippen molar-refractivity contribution >= 4 is 11.8 Å². The summed E-state index contributed by atoms with van der Waals surface area (Å²) in [6.07, 6.45) is -5.87. The molecular formula is C21H32O10. The average molecular weight is 444 g/mol. The molecule has 0 aromatic rings. The van der Waals surface area contributed by atoms with Crippen molar-refractivity contribution < 1.29 is 49.0 Å². The maximum Gasteiger partial charge on any atom is 0.309 e. The predicted octanol–water partition coefficient (Wildman–Crippen LogP) is -0.526. The second kappa shape index (κ2) is 9.93. The average Bonchev–Trinajstić information content (AvgIpc) is 3.01. The lowest BCUT2D eigenvalue weighted by atomic mass is 9.83. The first kappa shape index (κ1) is 24.1. The highest BCUT2D eigenvalue weighted by atomic mass is 16.7. The molecule has 1 saturated heterocycles. The number of esters is 1. The lowest BCUT2D eigenvalue weighted by molar-refractivity contribution is -0.299. The van der Waals surface area contributed by atoms with Crippen molar-refractivity contribution in [1.82, 2.24) is 0 Å². The van der Waals surface area contributed by atoms with Gasteiger partial charge in [-0.1, -0.05) is 20.8 Å². The van der Waals surface area contributed by atoms with Crippen LogP contribution in [0.3, 0.4) is 0 Å². The van der Waals surface area contributed by atoms with E-state index in [-0.39, 0.29) is 54.9 Å². The monoisotopic (exact) mass is 444 g/mol. The molecule has 0 amide bonds. The first-order chi connectivity index (χ1) is 14.6. The number of Topliss-reactive ketones (excluding diaryl/α,β-unsaturated/α-hetero) is 1. The Labute approximate surface area is 180 Å². The van der Waals surface area contributed by atoms with Gasteiger partial charge < -0.3 is 39.4 Å². The molecule has 3 rings (SSSR count). The minimum atomic E-state index is -1.54. The van der Waals surface area contributed by atoms with Crippen LogP contribution >= 0.6 is 0 Å². The molecule has 2 aliphatic heterocycles. The van der Waals surface area contributed by atoms with E-state index in [1.165, 1.54) is 6.26 Å². The van der Waals surface area contributed by atoms with Gasteiger partial charge in [0.15, 0.2) is 6.29 Å². The Morgan fingerprint density at radius 1 is 1.19 bits per heavy atom. The molecule has 1 aliphatic carbocycles. The van der Waals surface area contributed by atoms with Crippen LogP contribution in [0.1, 0.15) is 33.6 Å². The maximum absolute atomic E-state index is 12.4. The highest BCUT2D eigenvalue weighted by molar-refractivity contribution is 5.84. The van der Waals surface area contributed by atoms with Gasteiger partial charge in [-0.15, -0.1) is 0 Å². The van der Waals surface area contributed by atoms with E-state index in [2.05, 4.69) is 0 Å². The van der Waals surface area contributed by atoms with Gasteiger partial charge in [0.05, 0.1) is 19.5 Å². The van der Waals surface area contributed by atoms with Crippen LogP contribution in [0.2, 0.25) is 0 Å². The van der Waals surface area contributed by atoms with Crippen molar-refractivity contribution in [2.45, 2.75) is 70.6 Å². The first-order valence-electron chi connectivity index (χ1n) is 10.6. The largest absolute Gasteiger partial charge is 0.462 e. The second-order valence-corrected chi connectivity index (χ2v) is 8.94. The van der Waals surface area contributed by atoms with Gasteiger partial charge in [0.25, 0.3) is 0 Å². The Bertz CT molecular complexity index is 690. The smallest absolute Gasteiger partial charge is 0.309 e. The standard InChI is InChI=1S/C21H32O10/c1-9(2)4-15(24)31-20-16-10(3)13(23)5-12(16)11(7-28-20)8-29-21-19(27)18(26)17(25)14(6-22)30-21/h7,9-10,12,14,16-22,25-27H,4-6,8H2,1-3H3. The fourth-order valence-corrected chi connectivity index (χ4v) is 4.38. The molecule has 176 valence electrons. The molecule has 0 aromatic carbocycles. The van der Waals surface area contributed by atoms with Gasteiger partial charge in [-0.25, -0.2) is 0 Å². The number of rotatable bonds is 7. The number of aliphatic hydroxyl groups excluding tert-OH is 4. The van der Waals surface area contributed by atoms with Crippen molar-refractivity contribution in [1.29, 1.82) is 0 Å². The second-order valence-electron chi connectivity index (χ2n) is 8.94. The summed E-state index contributed by atoms with van der Waals surface area (Å²) in [6, 6.07) is 0. The number of hydrogen-bond donors (Lipinski definition) is 4. The Hall–Kier alpha value is -1.56. The molecular weight excluding hydrogens is 412 g/mol. The zero-order valence-corrected chi connectivity index (χ0v) is 17.9. The third-order valence-electron chi connectivity index (χ3n) is 6.20. The Morgan fingerprint density at radius 2 is 1.90 bits per heavy atom. The summed E-state index contributed by atoms with van der Waals surface area (Å²) in [5.74, 6) is -1.21. The van der Waals surface area contributed by atoms with Crippen LogP contribution in [0.5, 0.6) is 0 Å².